The first-order chi connectivity index (χ1) is 6.59. The molecule has 82 valence electrons. The molecule has 2 unspecified atom stereocenters. The molecular weight excluding hydrogens is 178 g/mol. The molecule has 1 heterocycles. The third kappa shape index (κ3) is 3.64. The van der Waals surface area contributed by atoms with E-state index in [2.05, 4.69) is 10.6 Å². The molecule has 0 saturated carbocycles. The van der Waals surface area contributed by atoms with Gasteiger partial charge in [0.25, 0.3) is 0 Å². The summed E-state index contributed by atoms with van der Waals surface area (Å²) in [6.45, 7) is 5.39. The Bertz CT molecular complexity index is 186. The lowest BCUT2D eigenvalue weighted by atomic mass is 10.0. The summed E-state index contributed by atoms with van der Waals surface area (Å²) >= 11 is 0. The lowest BCUT2D eigenvalue weighted by Gasteiger charge is -2.28. The molecule has 0 aromatic rings. The quantitative estimate of drug-likeness (QED) is 0.591. The van der Waals surface area contributed by atoms with Gasteiger partial charge in [-0.3, -0.25) is 4.79 Å². The van der Waals surface area contributed by atoms with Crippen LogP contribution in [0.25, 0.3) is 0 Å². The van der Waals surface area contributed by atoms with E-state index >= 15 is 0 Å². The molecule has 1 aliphatic heterocycles. The second kappa shape index (κ2) is 5.32. The monoisotopic (exact) mass is 199 g/mol. The number of piperidine rings is 1. The van der Waals surface area contributed by atoms with Crippen LogP contribution in [0.15, 0.2) is 0 Å². The van der Waals surface area contributed by atoms with Gasteiger partial charge < -0.3 is 16.4 Å². The number of rotatable bonds is 3. The van der Waals surface area contributed by atoms with Crippen LogP contribution in [-0.4, -0.2) is 31.1 Å². The number of hydrogen-bond acceptors (Lipinski definition) is 3. The third-order valence-corrected chi connectivity index (χ3v) is 2.60. The Morgan fingerprint density at radius 1 is 1.57 bits per heavy atom. The molecular formula is C10H21N3O. The summed E-state index contributed by atoms with van der Waals surface area (Å²) in [4.78, 5) is 11.3. The van der Waals surface area contributed by atoms with Crippen LogP contribution in [0.1, 0.15) is 26.7 Å². The van der Waals surface area contributed by atoms with Crippen molar-refractivity contribution in [3.8, 4) is 0 Å². The van der Waals surface area contributed by atoms with Gasteiger partial charge in [0.15, 0.2) is 0 Å². The number of amides is 1. The summed E-state index contributed by atoms with van der Waals surface area (Å²) in [7, 11) is 0. The number of carbonyl (C=O) groups is 1. The topological polar surface area (TPSA) is 67.2 Å². The van der Waals surface area contributed by atoms with E-state index in [0.29, 0.717) is 6.04 Å². The second-order valence-corrected chi connectivity index (χ2v) is 4.34. The highest BCUT2D eigenvalue weighted by atomic mass is 16.1. The lowest BCUT2D eigenvalue weighted by molar-refractivity contribution is -0.124. The molecule has 1 saturated heterocycles. The van der Waals surface area contributed by atoms with Crippen LogP contribution >= 0.6 is 0 Å². The van der Waals surface area contributed by atoms with Crippen LogP contribution < -0.4 is 16.4 Å². The highest BCUT2D eigenvalue weighted by Crippen LogP contribution is 2.05. The number of carbonyl (C=O) groups excluding carboxylic acids is 1. The zero-order valence-corrected chi connectivity index (χ0v) is 9.05. The van der Waals surface area contributed by atoms with Gasteiger partial charge in [0, 0.05) is 31.1 Å². The highest BCUT2D eigenvalue weighted by Gasteiger charge is 2.18. The molecule has 0 aromatic heterocycles. The van der Waals surface area contributed by atoms with Gasteiger partial charge in [-0.05, 0) is 12.8 Å². The summed E-state index contributed by atoms with van der Waals surface area (Å²) < 4.78 is 0. The minimum Gasteiger partial charge on any atom is -0.354 e. The van der Waals surface area contributed by atoms with E-state index in [1.54, 1.807) is 0 Å². The van der Waals surface area contributed by atoms with Crippen LogP contribution in [0, 0.1) is 5.92 Å². The maximum absolute atomic E-state index is 11.3. The smallest absolute Gasteiger partial charge is 0.222 e. The van der Waals surface area contributed by atoms with Crippen molar-refractivity contribution < 1.29 is 4.79 Å². The molecule has 1 aliphatic rings. The van der Waals surface area contributed by atoms with Crippen LogP contribution in [0.4, 0.5) is 0 Å². The predicted molar refractivity (Wildman–Crippen MR) is 56.8 cm³/mol. The van der Waals surface area contributed by atoms with Crippen molar-refractivity contribution in [1.82, 2.24) is 10.6 Å². The standard InChI is InChI=1S/C10H21N3O/c1-7(2)10(14)13-6-9-4-3-8(11)5-12-9/h7-9,12H,3-6,11H2,1-2H3,(H,13,14). The molecule has 1 fully saturated rings. The van der Waals surface area contributed by atoms with Crippen molar-refractivity contribution in [2.24, 2.45) is 11.7 Å². The summed E-state index contributed by atoms with van der Waals surface area (Å²) in [6.07, 6.45) is 2.11. The van der Waals surface area contributed by atoms with E-state index in [-0.39, 0.29) is 17.9 Å². The lowest BCUT2D eigenvalue weighted by Crippen LogP contribution is -2.50. The Labute approximate surface area is 85.6 Å². The largest absolute Gasteiger partial charge is 0.354 e. The molecule has 2 atom stereocenters. The minimum atomic E-state index is 0.0702. The SMILES string of the molecule is CC(C)C(=O)NCC1CCC(N)CN1. The average Bonchev–Trinajstić information content (AvgIpc) is 2.16. The molecule has 4 heteroatoms. The van der Waals surface area contributed by atoms with E-state index in [4.69, 9.17) is 5.73 Å². The van der Waals surface area contributed by atoms with Crippen LogP contribution in [-0.2, 0) is 4.79 Å². The molecule has 0 radical (unpaired) electrons. The highest BCUT2D eigenvalue weighted by molar-refractivity contribution is 5.77. The first-order valence-corrected chi connectivity index (χ1v) is 5.36. The first-order valence-electron chi connectivity index (χ1n) is 5.36. The van der Waals surface area contributed by atoms with Gasteiger partial charge in [-0.2, -0.15) is 0 Å². The van der Waals surface area contributed by atoms with Crippen LogP contribution in [0.3, 0.4) is 0 Å². The van der Waals surface area contributed by atoms with Crippen molar-refractivity contribution in [3.05, 3.63) is 0 Å². The fourth-order valence-electron chi connectivity index (χ4n) is 1.54. The average molecular weight is 199 g/mol. The Morgan fingerprint density at radius 2 is 2.29 bits per heavy atom. The number of nitrogens with one attached hydrogen (secondary N) is 2. The minimum absolute atomic E-state index is 0.0702. The fraction of sp³-hybridized carbons (Fsp3) is 0.900. The summed E-state index contributed by atoms with van der Waals surface area (Å²) in [5.41, 5.74) is 5.75. The third-order valence-electron chi connectivity index (χ3n) is 2.60. The Balaban J connectivity index is 2.16. The second-order valence-electron chi connectivity index (χ2n) is 4.34. The number of nitrogens with two attached hydrogens (primary N) is 1. The Hall–Kier alpha value is -0.610. The van der Waals surface area contributed by atoms with Crippen LogP contribution in [0.2, 0.25) is 0 Å². The van der Waals surface area contributed by atoms with Gasteiger partial charge in [-0.1, -0.05) is 13.8 Å². The number of hydrogen-bond donors (Lipinski definition) is 3. The molecule has 4 N–H and O–H groups in total. The molecule has 0 spiro atoms. The van der Waals surface area contributed by atoms with Crippen molar-refractivity contribution in [1.29, 1.82) is 0 Å². The van der Waals surface area contributed by atoms with Gasteiger partial charge in [-0.25, -0.2) is 0 Å². The summed E-state index contributed by atoms with van der Waals surface area (Å²) in [5, 5.41) is 6.25. The van der Waals surface area contributed by atoms with E-state index in [9.17, 15) is 4.79 Å². The van der Waals surface area contributed by atoms with E-state index in [0.717, 1.165) is 25.9 Å². The Morgan fingerprint density at radius 3 is 2.79 bits per heavy atom. The van der Waals surface area contributed by atoms with Gasteiger partial charge >= 0.3 is 0 Å². The zero-order valence-electron chi connectivity index (χ0n) is 9.05. The van der Waals surface area contributed by atoms with Gasteiger partial charge in [0.2, 0.25) is 5.91 Å². The van der Waals surface area contributed by atoms with Crippen molar-refractivity contribution in [3.63, 3.8) is 0 Å². The molecule has 1 rings (SSSR count). The van der Waals surface area contributed by atoms with Crippen molar-refractivity contribution >= 4 is 5.91 Å². The van der Waals surface area contributed by atoms with Crippen LogP contribution in [0.5, 0.6) is 0 Å². The van der Waals surface area contributed by atoms with Gasteiger partial charge in [0.05, 0.1) is 0 Å². The molecule has 0 aliphatic carbocycles. The van der Waals surface area contributed by atoms with Crippen molar-refractivity contribution in [2.75, 3.05) is 13.1 Å². The van der Waals surface area contributed by atoms with Gasteiger partial charge in [-0.15, -0.1) is 0 Å². The molecule has 4 nitrogen and oxygen atoms in total. The Kier molecular flexibility index (Phi) is 4.35. The predicted octanol–water partition coefficient (Wildman–Crippen LogP) is -0.162. The summed E-state index contributed by atoms with van der Waals surface area (Å²) in [5.74, 6) is 0.197. The van der Waals surface area contributed by atoms with Crippen molar-refractivity contribution in [2.45, 2.75) is 38.8 Å². The molecule has 1 amide bonds. The molecule has 14 heavy (non-hydrogen) atoms. The fourth-order valence-corrected chi connectivity index (χ4v) is 1.54. The zero-order chi connectivity index (χ0) is 10.6. The van der Waals surface area contributed by atoms with Gasteiger partial charge in [0.1, 0.15) is 0 Å². The normalized spacial score (nSPS) is 27.7. The maximum atomic E-state index is 11.3. The molecule has 0 aromatic carbocycles. The first kappa shape index (κ1) is 11.5. The maximum Gasteiger partial charge on any atom is 0.222 e. The van der Waals surface area contributed by atoms with E-state index in [1.807, 2.05) is 13.8 Å². The summed E-state index contributed by atoms with van der Waals surface area (Å²) in [6, 6.07) is 0.685. The molecule has 0 bridgehead atoms. The van der Waals surface area contributed by atoms with E-state index in [1.165, 1.54) is 0 Å². The van der Waals surface area contributed by atoms with E-state index < -0.39 is 0 Å².